The third-order valence-corrected chi connectivity index (χ3v) is 2.88. The standard InChI is InChI=1S/C11H14Cl2/c1-2-9(8-12)6-10-4-3-5-11(13)7-10/h3-5,7,9H,2,6,8H2,1H3. The van der Waals surface area contributed by atoms with E-state index in [2.05, 4.69) is 13.0 Å². The lowest BCUT2D eigenvalue weighted by atomic mass is 9.99. The number of hydrogen-bond acceptors (Lipinski definition) is 0. The van der Waals surface area contributed by atoms with E-state index in [1.807, 2.05) is 18.2 Å². The molecule has 1 aromatic carbocycles. The average molecular weight is 217 g/mol. The van der Waals surface area contributed by atoms with E-state index in [9.17, 15) is 0 Å². The zero-order valence-corrected chi connectivity index (χ0v) is 9.28. The Morgan fingerprint density at radius 2 is 2.15 bits per heavy atom. The van der Waals surface area contributed by atoms with E-state index in [1.54, 1.807) is 0 Å². The summed E-state index contributed by atoms with van der Waals surface area (Å²) >= 11 is 11.7. The van der Waals surface area contributed by atoms with Gasteiger partial charge in [-0.3, -0.25) is 0 Å². The molecule has 0 aliphatic carbocycles. The smallest absolute Gasteiger partial charge is 0.0408 e. The fourth-order valence-corrected chi connectivity index (χ4v) is 1.85. The summed E-state index contributed by atoms with van der Waals surface area (Å²) in [5.74, 6) is 1.29. The molecule has 1 atom stereocenters. The Hall–Kier alpha value is -0.200. The molecule has 72 valence electrons. The van der Waals surface area contributed by atoms with Crippen molar-refractivity contribution in [1.82, 2.24) is 0 Å². The van der Waals surface area contributed by atoms with Crippen LogP contribution in [0.25, 0.3) is 0 Å². The second-order valence-electron chi connectivity index (χ2n) is 3.26. The van der Waals surface area contributed by atoms with Gasteiger partial charge in [-0.2, -0.15) is 0 Å². The summed E-state index contributed by atoms with van der Waals surface area (Å²) in [6.07, 6.45) is 2.15. The van der Waals surface area contributed by atoms with E-state index in [1.165, 1.54) is 5.56 Å². The molecule has 0 heterocycles. The molecule has 0 amide bonds. The summed E-state index contributed by atoms with van der Waals surface area (Å²) in [5.41, 5.74) is 1.28. The lowest BCUT2D eigenvalue weighted by Gasteiger charge is -2.10. The number of rotatable bonds is 4. The molecule has 0 N–H and O–H groups in total. The lowest BCUT2D eigenvalue weighted by molar-refractivity contribution is 0.567. The van der Waals surface area contributed by atoms with Crippen LogP contribution >= 0.6 is 23.2 Å². The summed E-state index contributed by atoms with van der Waals surface area (Å²) in [7, 11) is 0. The monoisotopic (exact) mass is 216 g/mol. The molecule has 0 saturated carbocycles. The summed E-state index contributed by atoms with van der Waals surface area (Å²) < 4.78 is 0. The van der Waals surface area contributed by atoms with Crippen LogP contribution in [0.1, 0.15) is 18.9 Å². The van der Waals surface area contributed by atoms with Gasteiger partial charge in [-0.1, -0.05) is 37.1 Å². The molecule has 1 unspecified atom stereocenters. The van der Waals surface area contributed by atoms with Gasteiger partial charge < -0.3 is 0 Å². The highest BCUT2D eigenvalue weighted by atomic mass is 35.5. The molecule has 1 rings (SSSR count). The first-order chi connectivity index (χ1) is 6.26. The molecular formula is C11H14Cl2. The Kier molecular flexibility index (Phi) is 4.61. The van der Waals surface area contributed by atoms with Crippen molar-refractivity contribution < 1.29 is 0 Å². The van der Waals surface area contributed by atoms with Crippen LogP contribution in [0.15, 0.2) is 24.3 Å². The minimum absolute atomic E-state index is 0.570. The van der Waals surface area contributed by atoms with E-state index < -0.39 is 0 Å². The summed E-state index contributed by atoms with van der Waals surface area (Å²) in [5, 5.41) is 0.807. The number of benzene rings is 1. The van der Waals surface area contributed by atoms with Gasteiger partial charge in [-0.15, -0.1) is 11.6 Å². The first kappa shape index (κ1) is 10.9. The Labute approximate surface area is 89.9 Å². The SMILES string of the molecule is CCC(CCl)Cc1cccc(Cl)c1. The molecule has 0 aliphatic rings. The van der Waals surface area contributed by atoms with Crippen LogP contribution in [0.3, 0.4) is 0 Å². The summed E-state index contributed by atoms with van der Waals surface area (Å²) in [6, 6.07) is 7.99. The molecule has 0 spiro atoms. The van der Waals surface area contributed by atoms with E-state index in [-0.39, 0.29) is 0 Å². The molecule has 0 saturated heterocycles. The molecule has 0 aromatic heterocycles. The van der Waals surface area contributed by atoms with Gasteiger partial charge in [0, 0.05) is 10.9 Å². The zero-order chi connectivity index (χ0) is 9.68. The molecule has 0 aliphatic heterocycles. The fraction of sp³-hybridized carbons (Fsp3) is 0.455. The summed E-state index contributed by atoms with van der Waals surface area (Å²) in [6.45, 7) is 2.16. The van der Waals surface area contributed by atoms with Crippen molar-refractivity contribution in [3.63, 3.8) is 0 Å². The Balaban J connectivity index is 2.62. The van der Waals surface area contributed by atoms with Crippen LogP contribution in [0, 0.1) is 5.92 Å². The van der Waals surface area contributed by atoms with Crippen molar-refractivity contribution >= 4 is 23.2 Å². The van der Waals surface area contributed by atoms with E-state index in [0.717, 1.165) is 23.7 Å². The highest BCUT2D eigenvalue weighted by Gasteiger charge is 2.05. The second-order valence-corrected chi connectivity index (χ2v) is 4.01. The predicted octanol–water partition coefficient (Wildman–Crippen LogP) is 4.15. The largest absolute Gasteiger partial charge is 0.126 e. The maximum atomic E-state index is 5.88. The maximum absolute atomic E-state index is 5.88. The van der Waals surface area contributed by atoms with Crippen molar-refractivity contribution in [1.29, 1.82) is 0 Å². The first-order valence-electron chi connectivity index (χ1n) is 4.56. The van der Waals surface area contributed by atoms with E-state index >= 15 is 0 Å². The minimum Gasteiger partial charge on any atom is -0.126 e. The van der Waals surface area contributed by atoms with Crippen molar-refractivity contribution in [3.05, 3.63) is 34.9 Å². The van der Waals surface area contributed by atoms with Crippen molar-refractivity contribution in [2.45, 2.75) is 19.8 Å². The Morgan fingerprint density at radius 1 is 1.38 bits per heavy atom. The van der Waals surface area contributed by atoms with Crippen molar-refractivity contribution in [2.75, 3.05) is 5.88 Å². The van der Waals surface area contributed by atoms with Gasteiger partial charge in [0.05, 0.1) is 0 Å². The number of halogens is 2. The van der Waals surface area contributed by atoms with Crippen LogP contribution in [0.2, 0.25) is 5.02 Å². The van der Waals surface area contributed by atoms with Crippen LogP contribution in [0.5, 0.6) is 0 Å². The number of hydrogen-bond donors (Lipinski definition) is 0. The molecular weight excluding hydrogens is 203 g/mol. The van der Waals surface area contributed by atoms with E-state index in [4.69, 9.17) is 23.2 Å². The van der Waals surface area contributed by atoms with Crippen molar-refractivity contribution in [2.24, 2.45) is 5.92 Å². The minimum atomic E-state index is 0.570. The van der Waals surface area contributed by atoms with Crippen LogP contribution < -0.4 is 0 Å². The fourth-order valence-electron chi connectivity index (χ4n) is 1.31. The molecule has 0 fully saturated rings. The molecule has 0 nitrogen and oxygen atoms in total. The summed E-state index contributed by atoms with van der Waals surface area (Å²) in [4.78, 5) is 0. The highest BCUT2D eigenvalue weighted by Crippen LogP contribution is 2.17. The van der Waals surface area contributed by atoms with Gasteiger partial charge >= 0.3 is 0 Å². The average Bonchev–Trinajstić information content (AvgIpc) is 2.14. The van der Waals surface area contributed by atoms with Gasteiger partial charge in [-0.25, -0.2) is 0 Å². The van der Waals surface area contributed by atoms with Gasteiger partial charge in [0.25, 0.3) is 0 Å². The van der Waals surface area contributed by atoms with E-state index in [0.29, 0.717) is 5.92 Å². The van der Waals surface area contributed by atoms with Gasteiger partial charge in [0.15, 0.2) is 0 Å². The predicted molar refractivity (Wildman–Crippen MR) is 59.7 cm³/mol. The quantitative estimate of drug-likeness (QED) is 0.664. The number of alkyl halides is 1. The van der Waals surface area contributed by atoms with Crippen molar-refractivity contribution in [3.8, 4) is 0 Å². The van der Waals surface area contributed by atoms with Crippen LogP contribution in [-0.2, 0) is 6.42 Å². The van der Waals surface area contributed by atoms with Gasteiger partial charge in [0.2, 0.25) is 0 Å². The molecule has 1 aromatic rings. The zero-order valence-electron chi connectivity index (χ0n) is 7.76. The first-order valence-corrected chi connectivity index (χ1v) is 5.48. The normalized spacial score (nSPS) is 12.8. The second kappa shape index (κ2) is 5.51. The molecule has 0 radical (unpaired) electrons. The third-order valence-electron chi connectivity index (χ3n) is 2.21. The Morgan fingerprint density at radius 3 is 2.69 bits per heavy atom. The third kappa shape index (κ3) is 3.58. The Bertz CT molecular complexity index is 254. The van der Waals surface area contributed by atoms with Gasteiger partial charge in [-0.05, 0) is 30.0 Å². The molecule has 13 heavy (non-hydrogen) atoms. The molecule has 0 bridgehead atoms. The highest BCUT2D eigenvalue weighted by molar-refractivity contribution is 6.30. The lowest BCUT2D eigenvalue weighted by Crippen LogP contribution is -2.04. The van der Waals surface area contributed by atoms with Crippen LogP contribution in [0.4, 0.5) is 0 Å². The van der Waals surface area contributed by atoms with Crippen LogP contribution in [-0.4, -0.2) is 5.88 Å². The maximum Gasteiger partial charge on any atom is 0.0408 e. The molecule has 2 heteroatoms. The van der Waals surface area contributed by atoms with Gasteiger partial charge in [0.1, 0.15) is 0 Å². The topological polar surface area (TPSA) is 0 Å².